The molecule has 0 saturated heterocycles. The lowest BCUT2D eigenvalue weighted by Gasteiger charge is -2.07. The fourth-order valence-corrected chi connectivity index (χ4v) is 2.85. The van der Waals surface area contributed by atoms with E-state index < -0.39 is 10.0 Å². The number of aromatic nitrogens is 2. The van der Waals surface area contributed by atoms with Gasteiger partial charge in [0.05, 0.1) is 12.8 Å². The predicted octanol–water partition coefficient (Wildman–Crippen LogP) is 0.689. The first-order valence-electron chi connectivity index (χ1n) is 5.71. The van der Waals surface area contributed by atoms with Gasteiger partial charge in [0, 0.05) is 12.1 Å². The first kappa shape index (κ1) is 13.7. The Hall–Kier alpha value is -1.70. The van der Waals surface area contributed by atoms with Gasteiger partial charge in [-0.05, 0) is 12.5 Å². The predicted molar refractivity (Wildman–Crippen MR) is 69.7 cm³/mol. The third kappa shape index (κ3) is 3.19. The molecule has 0 spiro atoms. The van der Waals surface area contributed by atoms with Crippen molar-refractivity contribution < 1.29 is 13.5 Å². The minimum absolute atomic E-state index is 0.0948. The van der Waals surface area contributed by atoms with E-state index in [0.29, 0.717) is 0 Å². The van der Waals surface area contributed by atoms with E-state index >= 15 is 0 Å². The van der Waals surface area contributed by atoms with Gasteiger partial charge in [-0.1, -0.05) is 29.8 Å². The quantitative estimate of drug-likeness (QED) is 0.751. The van der Waals surface area contributed by atoms with Crippen LogP contribution in [0, 0.1) is 6.92 Å². The number of hydrogen-bond donors (Lipinski definition) is 3. The smallest absolute Gasteiger partial charge is 0.258 e. The molecule has 0 atom stereocenters. The highest BCUT2D eigenvalue weighted by molar-refractivity contribution is 7.89. The number of hydrogen-bond acceptors (Lipinski definition) is 4. The van der Waals surface area contributed by atoms with Gasteiger partial charge >= 0.3 is 0 Å². The molecule has 0 amide bonds. The Morgan fingerprint density at radius 2 is 2.21 bits per heavy atom. The number of rotatable bonds is 5. The van der Waals surface area contributed by atoms with E-state index in [1.165, 1.54) is 6.20 Å². The number of sulfonamides is 1. The number of aliphatic hydroxyl groups is 1. The summed E-state index contributed by atoms with van der Waals surface area (Å²) >= 11 is 0. The molecule has 1 heterocycles. The third-order valence-electron chi connectivity index (χ3n) is 2.67. The number of benzene rings is 1. The van der Waals surface area contributed by atoms with Crippen LogP contribution in [0.2, 0.25) is 0 Å². The zero-order valence-corrected chi connectivity index (χ0v) is 11.2. The molecule has 1 aromatic carbocycles. The molecule has 0 saturated carbocycles. The van der Waals surface area contributed by atoms with E-state index in [1.54, 1.807) is 0 Å². The summed E-state index contributed by atoms with van der Waals surface area (Å²) < 4.78 is 26.5. The molecule has 7 heteroatoms. The van der Waals surface area contributed by atoms with Crippen LogP contribution in [0.3, 0.4) is 0 Å². The molecular formula is C12H15N3O3S. The minimum Gasteiger partial charge on any atom is -0.392 e. The maximum atomic E-state index is 12.0. The average Bonchev–Trinajstić information content (AvgIpc) is 2.86. The lowest BCUT2D eigenvalue weighted by Crippen LogP contribution is -2.24. The molecule has 3 N–H and O–H groups in total. The molecule has 0 aliphatic rings. The fourth-order valence-electron chi connectivity index (χ4n) is 1.72. The lowest BCUT2D eigenvalue weighted by molar-refractivity contribution is 0.278. The number of H-pyrrole nitrogens is 1. The Labute approximate surface area is 111 Å². The lowest BCUT2D eigenvalue weighted by atomic mass is 10.1. The summed E-state index contributed by atoms with van der Waals surface area (Å²) in [6.07, 6.45) is 1.29. The number of nitrogens with one attached hydrogen (secondary N) is 2. The Balaban J connectivity index is 2.14. The Morgan fingerprint density at radius 3 is 2.89 bits per heavy atom. The molecule has 102 valence electrons. The van der Waals surface area contributed by atoms with E-state index in [1.807, 2.05) is 31.2 Å². The van der Waals surface area contributed by atoms with Gasteiger partial charge in [0.15, 0.2) is 5.03 Å². The summed E-state index contributed by atoms with van der Waals surface area (Å²) in [4.78, 5) is 0. The van der Waals surface area contributed by atoms with Gasteiger partial charge < -0.3 is 5.11 Å². The van der Waals surface area contributed by atoms with E-state index in [4.69, 9.17) is 5.11 Å². The van der Waals surface area contributed by atoms with Crippen LogP contribution in [-0.2, 0) is 23.2 Å². The summed E-state index contributed by atoms with van der Waals surface area (Å²) in [6.45, 7) is 1.75. The third-order valence-corrected chi connectivity index (χ3v) is 4.08. The Morgan fingerprint density at radius 1 is 1.42 bits per heavy atom. The van der Waals surface area contributed by atoms with Crippen LogP contribution in [0.5, 0.6) is 0 Å². The van der Waals surface area contributed by atoms with Crippen molar-refractivity contribution in [1.82, 2.24) is 14.9 Å². The molecule has 6 nitrogen and oxygen atoms in total. The van der Waals surface area contributed by atoms with Crippen molar-refractivity contribution in [2.75, 3.05) is 0 Å². The fraction of sp³-hybridized carbons (Fsp3) is 0.250. The molecule has 2 rings (SSSR count). The van der Waals surface area contributed by atoms with Crippen molar-refractivity contribution in [3.63, 3.8) is 0 Å². The second-order valence-electron chi connectivity index (χ2n) is 4.20. The molecular weight excluding hydrogens is 266 g/mol. The van der Waals surface area contributed by atoms with E-state index in [2.05, 4.69) is 14.9 Å². The van der Waals surface area contributed by atoms with E-state index in [0.717, 1.165) is 11.1 Å². The van der Waals surface area contributed by atoms with E-state index in [9.17, 15) is 8.42 Å². The standard InChI is InChI=1S/C12H15N3O3S/c1-9-3-2-4-10(5-9)6-14-19(17,18)12-11(8-16)7-13-15-12/h2-5,7,14,16H,6,8H2,1H3,(H,13,15). The van der Waals surface area contributed by atoms with Crippen LogP contribution in [0.25, 0.3) is 0 Å². The van der Waals surface area contributed by atoms with Crippen molar-refractivity contribution in [3.05, 3.63) is 47.2 Å². The summed E-state index contributed by atoms with van der Waals surface area (Å²) in [7, 11) is -3.70. The van der Waals surface area contributed by atoms with Gasteiger partial charge in [0.25, 0.3) is 10.0 Å². The number of nitrogens with zero attached hydrogens (tertiary/aromatic N) is 1. The maximum absolute atomic E-state index is 12.0. The highest BCUT2D eigenvalue weighted by Gasteiger charge is 2.19. The van der Waals surface area contributed by atoms with Crippen LogP contribution in [0.15, 0.2) is 35.5 Å². The molecule has 0 aliphatic heterocycles. The first-order chi connectivity index (χ1) is 9.03. The zero-order chi connectivity index (χ0) is 13.9. The van der Waals surface area contributed by atoms with Gasteiger partial charge in [-0.25, -0.2) is 13.1 Å². The molecule has 0 radical (unpaired) electrons. The van der Waals surface area contributed by atoms with Crippen molar-refractivity contribution >= 4 is 10.0 Å². The highest BCUT2D eigenvalue weighted by Crippen LogP contribution is 2.12. The van der Waals surface area contributed by atoms with Crippen LogP contribution >= 0.6 is 0 Å². The minimum atomic E-state index is -3.70. The van der Waals surface area contributed by atoms with Crippen molar-refractivity contribution in [2.24, 2.45) is 0 Å². The van der Waals surface area contributed by atoms with Gasteiger partial charge in [-0.3, -0.25) is 5.10 Å². The number of aryl methyl sites for hydroxylation is 1. The summed E-state index contributed by atoms with van der Waals surface area (Å²) in [5, 5.41) is 15.0. The second kappa shape index (κ2) is 5.52. The number of aromatic amines is 1. The summed E-state index contributed by atoms with van der Waals surface area (Å²) in [5.41, 5.74) is 2.18. The van der Waals surface area contributed by atoms with Gasteiger partial charge in [-0.2, -0.15) is 5.10 Å². The van der Waals surface area contributed by atoms with Gasteiger partial charge in [-0.15, -0.1) is 0 Å². The number of aliphatic hydroxyl groups excluding tert-OH is 1. The SMILES string of the molecule is Cc1cccc(CNS(=O)(=O)c2[nH]ncc2CO)c1. The topological polar surface area (TPSA) is 95.1 Å². The average molecular weight is 281 g/mol. The second-order valence-corrected chi connectivity index (χ2v) is 5.90. The van der Waals surface area contributed by atoms with Crippen molar-refractivity contribution in [1.29, 1.82) is 0 Å². The summed E-state index contributed by atoms with van der Waals surface area (Å²) in [5.74, 6) is 0. The largest absolute Gasteiger partial charge is 0.392 e. The van der Waals surface area contributed by atoms with E-state index in [-0.39, 0.29) is 23.7 Å². The Kier molecular flexibility index (Phi) is 3.98. The van der Waals surface area contributed by atoms with Crippen LogP contribution in [0.1, 0.15) is 16.7 Å². The molecule has 2 aromatic rings. The monoisotopic (exact) mass is 281 g/mol. The van der Waals surface area contributed by atoms with Crippen LogP contribution < -0.4 is 4.72 Å². The van der Waals surface area contributed by atoms with Crippen LogP contribution in [0.4, 0.5) is 0 Å². The normalized spacial score (nSPS) is 11.7. The van der Waals surface area contributed by atoms with Crippen LogP contribution in [-0.4, -0.2) is 23.7 Å². The van der Waals surface area contributed by atoms with Gasteiger partial charge in [0.1, 0.15) is 0 Å². The Bertz CT molecular complexity index is 664. The van der Waals surface area contributed by atoms with Gasteiger partial charge in [0.2, 0.25) is 0 Å². The van der Waals surface area contributed by atoms with Crippen molar-refractivity contribution in [3.8, 4) is 0 Å². The molecule has 1 aromatic heterocycles. The first-order valence-corrected chi connectivity index (χ1v) is 7.19. The summed E-state index contributed by atoms with van der Waals surface area (Å²) in [6, 6.07) is 7.56. The molecule has 0 aliphatic carbocycles. The van der Waals surface area contributed by atoms with Crippen molar-refractivity contribution in [2.45, 2.75) is 25.1 Å². The molecule has 0 fully saturated rings. The highest BCUT2D eigenvalue weighted by atomic mass is 32.2. The molecule has 0 unspecified atom stereocenters. The molecule has 0 bridgehead atoms. The zero-order valence-electron chi connectivity index (χ0n) is 10.4. The maximum Gasteiger partial charge on any atom is 0.258 e. The molecule has 19 heavy (non-hydrogen) atoms.